The summed E-state index contributed by atoms with van der Waals surface area (Å²) in [4.78, 5) is 37.9. The van der Waals surface area contributed by atoms with Gasteiger partial charge in [0.15, 0.2) is 6.10 Å². The summed E-state index contributed by atoms with van der Waals surface area (Å²) < 4.78 is 16.8. The zero-order valence-corrected chi connectivity index (χ0v) is 39.5. The van der Waals surface area contributed by atoms with Crippen molar-refractivity contribution in [1.82, 2.24) is 0 Å². The minimum absolute atomic E-state index is 0.0678. The van der Waals surface area contributed by atoms with Gasteiger partial charge in [0, 0.05) is 19.3 Å². The second-order valence-corrected chi connectivity index (χ2v) is 17.4. The average Bonchev–Trinajstić information content (AvgIpc) is 3.23. The summed E-state index contributed by atoms with van der Waals surface area (Å²) in [7, 11) is 0. The summed E-state index contributed by atoms with van der Waals surface area (Å²) in [6.07, 6.45) is 54.4. The molecule has 6 heteroatoms. The van der Waals surface area contributed by atoms with Crippen LogP contribution in [0, 0.1) is 0 Å². The second kappa shape index (κ2) is 48.6. The van der Waals surface area contributed by atoms with E-state index in [2.05, 4.69) is 45.1 Å². The molecule has 0 rings (SSSR count). The molecule has 0 amide bonds. The van der Waals surface area contributed by atoms with E-state index >= 15 is 0 Å². The lowest BCUT2D eigenvalue weighted by Crippen LogP contribution is -2.30. The van der Waals surface area contributed by atoms with Gasteiger partial charge >= 0.3 is 17.9 Å². The molecule has 0 saturated heterocycles. The minimum Gasteiger partial charge on any atom is -0.462 e. The molecular weight excluding hydrogens is 733 g/mol. The number of hydrogen-bond acceptors (Lipinski definition) is 6. The molecule has 0 fully saturated rings. The fourth-order valence-corrected chi connectivity index (χ4v) is 7.53. The van der Waals surface area contributed by atoms with Gasteiger partial charge in [-0.1, -0.05) is 231 Å². The van der Waals surface area contributed by atoms with Crippen molar-refractivity contribution < 1.29 is 28.6 Å². The Morgan fingerprint density at radius 2 is 0.610 bits per heavy atom. The number of carbonyl (C=O) groups excluding carboxylic acids is 3. The maximum atomic E-state index is 12.7. The minimum atomic E-state index is -0.765. The van der Waals surface area contributed by atoms with E-state index in [1.807, 2.05) is 0 Å². The molecule has 0 aromatic heterocycles. The zero-order valence-electron chi connectivity index (χ0n) is 39.5. The number of carbonyl (C=O) groups is 3. The smallest absolute Gasteiger partial charge is 0.306 e. The predicted octanol–water partition coefficient (Wildman–Crippen LogP) is 16.8. The van der Waals surface area contributed by atoms with E-state index in [1.54, 1.807) is 0 Å². The summed E-state index contributed by atoms with van der Waals surface area (Å²) in [6.45, 7) is 6.62. The van der Waals surface area contributed by atoms with Crippen LogP contribution in [0.25, 0.3) is 0 Å². The monoisotopic (exact) mass is 831 g/mol. The van der Waals surface area contributed by atoms with Crippen LogP contribution in [0.2, 0.25) is 0 Å². The molecule has 59 heavy (non-hydrogen) atoms. The van der Waals surface area contributed by atoms with Gasteiger partial charge in [0.25, 0.3) is 0 Å². The third-order valence-electron chi connectivity index (χ3n) is 11.5. The van der Waals surface area contributed by atoms with Crippen LogP contribution in [-0.2, 0) is 28.6 Å². The van der Waals surface area contributed by atoms with Crippen molar-refractivity contribution in [2.45, 2.75) is 284 Å². The van der Waals surface area contributed by atoms with Crippen molar-refractivity contribution in [2.24, 2.45) is 0 Å². The maximum Gasteiger partial charge on any atom is 0.306 e. The summed E-state index contributed by atoms with van der Waals surface area (Å²) in [5.41, 5.74) is 0. The Balaban J connectivity index is 4.27. The standard InChI is InChI=1S/C53H98O6/c1-4-7-10-13-16-19-22-23-24-25-26-27-28-29-32-34-37-40-43-46-52(55)58-49-50(59-53(56)47-44-41-38-35-31-21-18-15-12-9-6-3)48-57-51(54)45-42-39-36-33-30-20-17-14-11-8-5-2/h16,19,23-24,50H,4-15,17-18,20-22,25-49H2,1-3H3/b19-16-,24-23-/t50-/m0/s1. The van der Waals surface area contributed by atoms with E-state index in [-0.39, 0.29) is 31.1 Å². The summed E-state index contributed by atoms with van der Waals surface area (Å²) in [5.74, 6) is -0.861. The molecule has 0 saturated carbocycles. The van der Waals surface area contributed by atoms with Crippen LogP contribution >= 0.6 is 0 Å². The molecule has 1 atom stereocenters. The van der Waals surface area contributed by atoms with E-state index in [0.29, 0.717) is 19.3 Å². The molecule has 0 aliphatic heterocycles. The van der Waals surface area contributed by atoms with Gasteiger partial charge in [0.1, 0.15) is 13.2 Å². The number of allylic oxidation sites excluding steroid dienone is 4. The van der Waals surface area contributed by atoms with E-state index in [0.717, 1.165) is 64.2 Å². The molecule has 0 unspecified atom stereocenters. The number of ether oxygens (including phenoxy) is 3. The van der Waals surface area contributed by atoms with Gasteiger partial charge in [-0.2, -0.15) is 0 Å². The third-order valence-corrected chi connectivity index (χ3v) is 11.5. The van der Waals surface area contributed by atoms with E-state index in [4.69, 9.17) is 14.2 Å². The number of rotatable bonds is 47. The summed E-state index contributed by atoms with van der Waals surface area (Å²) in [6, 6.07) is 0. The van der Waals surface area contributed by atoms with Crippen LogP contribution in [-0.4, -0.2) is 37.2 Å². The zero-order chi connectivity index (χ0) is 43.0. The molecule has 0 aromatic carbocycles. The highest BCUT2D eigenvalue weighted by molar-refractivity contribution is 5.71. The van der Waals surface area contributed by atoms with Crippen molar-refractivity contribution in [3.63, 3.8) is 0 Å². The topological polar surface area (TPSA) is 78.9 Å². The summed E-state index contributed by atoms with van der Waals surface area (Å²) >= 11 is 0. The van der Waals surface area contributed by atoms with Crippen molar-refractivity contribution in [3.8, 4) is 0 Å². The molecule has 0 radical (unpaired) electrons. The lowest BCUT2D eigenvalue weighted by atomic mass is 10.1. The molecule has 0 spiro atoms. The van der Waals surface area contributed by atoms with Gasteiger partial charge < -0.3 is 14.2 Å². The highest BCUT2D eigenvalue weighted by Gasteiger charge is 2.19. The summed E-state index contributed by atoms with van der Waals surface area (Å²) in [5, 5.41) is 0. The van der Waals surface area contributed by atoms with Gasteiger partial charge in [0.2, 0.25) is 0 Å². The maximum absolute atomic E-state index is 12.7. The van der Waals surface area contributed by atoms with Crippen LogP contribution < -0.4 is 0 Å². The first-order valence-electron chi connectivity index (χ1n) is 25.8. The van der Waals surface area contributed by atoms with Crippen LogP contribution in [0.3, 0.4) is 0 Å². The van der Waals surface area contributed by atoms with Gasteiger partial charge in [-0.15, -0.1) is 0 Å². The number of hydrogen-bond donors (Lipinski definition) is 0. The van der Waals surface area contributed by atoms with Crippen molar-refractivity contribution in [1.29, 1.82) is 0 Å². The van der Waals surface area contributed by atoms with Crippen molar-refractivity contribution in [2.75, 3.05) is 13.2 Å². The molecule has 0 aromatic rings. The highest BCUT2D eigenvalue weighted by Crippen LogP contribution is 2.16. The molecular formula is C53H98O6. The molecule has 6 nitrogen and oxygen atoms in total. The fraction of sp³-hybridized carbons (Fsp3) is 0.868. The van der Waals surface area contributed by atoms with Crippen LogP contribution in [0.4, 0.5) is 0 Å². The lowest BCUT2D eigenvalue weighted by Gasteiger charge is -2.18. The molecule has 0 aliphatic carbocycles. The SMILES string of the molecule is CCCCC/C=C\C/C=C\CCCCCCCCCCCC(=O)OC[C@H](COC(=O)CCCCCCCCCCCCC)OC(=O)CCCCCCCCCCCCC. The van der Waals surface area contributed by atoms with Crippen LogP contribution in [0.15, 0.2) is 24.3 Å². The first kappa shape index (κ1) is 56.9. The second-order valence-electron chi connectivity index (χ2n) is 17.4. The van der Waals surface area contributed by atoms with Crippen molar-refractivity contribution >= 4 is 17.9 Å². The first-order valence-corrected chi connectivity index (χ1v) is 25.8. The molecule has 346 valence electrons. The van der Waals surface area contributed by atoms with Gasteiger partial charge in [-0.3, -0.25) is 14.4 Å². The Bertz CT molecular complexity index is 958. The molecule has 0 heterocycles. The molecule has 0 aliphatic rings. The van der Waals surface area contributed by atoms with Crippen LogP contribution in [0.5, 0.6) is 0 Å². The fourth-order valence-electron chi connectivity index (χ4n) is 7.53. The Morgan fingerprint density at radius 3 is 0.966 bits per heavy atom. The lowest BCUT2D eigenvalue weighted by molar-refractivity contribution is -0.167. The van der Waals surface area contributed by atoms with E-state index < -0.39 is 6.10 Å². The average molecular weight is 831 g/mol. The first-order chi connectivity index (χ1) is 29.0. The van der Waals surface area contributed by atoms with Crippen LogP contribution in [0.1, 0.15) is 278 Å². The highest BCUT2D eigenvalue weighted by atomic mass is 16.6. The van der Waals surface area contributed by atoms with Gasteiger partial charge in [-0.25, -0.2) is 0 Å². The Labute approximate surface area is 366 Å². The van der Waals surface area contributed by atoms with Gasteiger partial charge in [0.05, 0.1) is 0 Å². The number of unbranched alkanes of at least 4 members (excludes halogenated alkanes) is 32. The Hall–Kier alpha value is -2.11. The van der Waals surface area contributed by atoms with E-state index in [1.165, 1.54) is 173 Å². The largest absolute Gasteiger partial charge is 0.462 e. The normalized spacial score (nSPS) is 12.1. The van der Waals surface area contributed by atoms with Gasteiger partial charge in [-0.05, 0) is 51.4 Å². The number of esters is 3. The Morgan fingerprint density at radius 1 is 0.339 bits per heavy atom. The van der Waals surface area contributed by atoms with E-state index in [9.17, 15) is 14.4 Å². The Kier molecular flexibility index (Phi) is 46.8. The predicted molar refractivity (Wildman–Crippen MR) is 252 cm³/mol. The molecule has 0 N–H and O–H groups in total. The van der Waals surface area contributed by atoms with Crippen molar-refractivity contribution in [3.05, 3.63) is 24.3 Å². The third kappa shape index (κ3) is 46.8. The quantitative estimate of drug-likeness (QED) is 0.0263. The molecule has 0 bridgehead atoms.